The Kier molecular flexibility index (Phi) is 5.83. The number of likely N-dealkylation sites (N-methyl/N-ethyl adjacent to an activating group) is 1. The van der Waals surface area contributed by atoms with Crippen molar-refractivity contribution in [2.24, 2.45) is 0 Å². The third-order valence-electron chi connectivity index (χ3n) is 3.72. The zero-order valence-corrected chi connectivity index (χ0v) is 13.5. The molecule has 0 saturated carbocycles. The van der Waals surface area contributed by atoms with Crippen LogP contribution in [-0.2, 0) is 4.79 Å². The van der Waals surface area contributed by atoms with Crippen molar-refractivity contribution in [2.75, 3.05) is 46.9 Å². The monoisotopic (exact) mass is 304 g/mol. The predicted octanol–water partition coefficient (Wildman–Crippen LogP) is 1.88. The van der Waals surface area contributed by atoms with Crippen LogP contribution >= 0.6 is 0 Å². The molecule has 1 aromatic carbocycles. The van der Waals surface area contributed by atoms with Gasteiger partial charge in [0.15, 0.2) is 11.5 Å². The average molecular weight is 304 g/mol. The van der Waals surface area contributed by atoms with Gasteiger partial charge in [-0.1, -0.05) is 6.07 Å². The number of benzene rings is 1. The van der Waals surface area contributed by atoms with Gasteiger partial charge < -0.3 is 19.3 Å². The molecule has 0 spiro atoms. The molecule has 1 aromatic rings. The smallest absolute Gasteiger partial charge is 0.246 e. The molecule has 22 heavy (non-hydrogen) atoms. The Balaban J connectivity index is 2.01. The second kappa shape index (κ2) is 7.84. The summed E-state index contributed by atoms with van der Waals surface area (Å²) in [5.41, 5.74) is 0.919. The van der Waals surface area contributed by atoms with Crippen LogP contribution in [0, 0.1) is 0 Å². The fourth-order valence-corrected chi connectivity index (χ4v) is 2.36. The first-order valence-corrected chi connectivity index (χ1v) is 7.60. The molecule has 5 heteroatoms. The Labute approximate surface area is 132 Å². The molecule has 0 radical (unpaired) electrons. The van der Waals surface area contributed by atoms with Gasteiger partial charge in [0, 0.05) is 32.3 Å². The van der Waals surface area contributed by atoms with E-state index in [1.54, 1.807) is 13.2 Å². The van der Waals surface area contributed by atoms with Gasteiger partial charge in [-0.25, -0.2) is 0 Å². The summed E-state index contributed by atoms with van der Waals surface area (Å²) in [5, 5.41) is 0. The van der Waals surface area contributed by atoms with E-state index in [-0.39, 0.29) is 5.91 Å². The SMILES string of the molecule is CCOc1ccc(/C=C/C(=O)N2CCN(C)CC2)cc1OC. The minimum absolute atomic E-state index is 0.0564. The summed E-state index contributed by atoms with van der Waals surface area (Å²) in [5.74, 6) is 1.45. The Morgan fingerprint density at radius 1 is 1.23 bits per heavy atom. The van der Waals surface area contributed by atoms with E-state index in [0.29, 0.717) is 18.1 Å². The highest BCUT2D eigenvalue weighted by Gasteiger charge is 2.16. The lowest BCUT2D eigenvalue weighted by Crippen LogP contribution is -2.46. The van der Waals surface area contributed by atoms with E-state index in [0.717, 1.165) is 31.7 Å². The zero-order valence-electron chi connectivity index (χ0n) is 13.5. The molecule has 0 aromatic heterocycles. The Bertz CT molecular complexity index is 535. The van der Waals surface area contributed by atoms with Crippen molar-refractivity contribution in [2.45, 2.75) is 6.92 Å². The van der Waals surface area contributed by atoms with Gasteiger partial charge in [0.1, 0.15) is 0 Å². The van der Waals surface area contributed by atoms with Crippen LogP contribution < -0.4 is 9.47 Å². The first-order chi connectivity index (χ1) is 10.6. The van der Waals surface area contributed by atoms with E-state index in [1.165, 1.54) is 0 Å². The summed E-state index contributed by atoms with van der Waals surface area (Å²) in [6, 6.07) is 5.66. The van der Waals surface area contributed by atoms with Crippen LogP contribution in [0.5, 0.6) is 11.5 Å². The number of methoxy groups -OCH3 is 1. The second-order valence-electron chi connectivity index (χ2n) is 5.31. The minimum Gasteiger partial charge on any atom is -0.493 e. The van der Waals surface area contributed by atoms with E-state index in [2.05, 4.69) is 11.9 Å². The van der Waals surface area contributed by atoms with E-state index in [9.17, 15) is 4.79 Å². The largest absolute Gasteiger partial charge is 0.493 e. The standard InChI is InChI=1S/C17H24N2O3/c1-4-22-15-7-5-14(13-16(15)21-3)6-8-17(20)19-11-9-18(2)10-12-19/h5-8,13H,4,9-12H2,1-3H3/b8-6+. The maximum absolute atomic E-state index is 12.2. The Morgan fingerprint density at radius 3 is 2.59 bits per heavy atom. The summed E-state index contributed by atoms with van der Waals surface area (Å²) in [4.78, 5) is 16.3. The van der Waals surface area contributed by atoms with Crippen LogP contribution in [0.2, 0.25) is 0 Å². The molecule has 0 atom stereocenters. The molecule has 0 unspecified atom stereocenters. The van der Waals surface area contributed by atoms with Gasteiger partial charge in [0.25, 0.3) is 0 Å². The van der Waals surface area contributed by atoms with Gasteiger partial charge in [0.2, 0.25) is 5.91 Å². The number of carbonyl (C=O) groups excluding carboxylic acids is 1. The summed E-state index contributed by atoms with van der Waals surface area (Å²) in [7, 11) is 3.69. The highest BCUT2D eigenvalue weighted by molar-refractivity contribution is 5.92. The summed E-state index contributed by atoms with van der Waals surface area (Å²) >= 11 is 0. The normalized spacial score (nSPS) is 16.0. The van der Waals surface area contributed by atoms with Crippen molar-refractivity contribution in [3.8, 4) is 11.5 Å². The molecule has 1 heterocycles. The van der Waals surface area contributed by atoms with E-state index < -0.39 is 0 Å². The molecule has 2 rings (SSSR count). The molecule has 120 valence electrons. The van der Waals surface area contributed by atoms with Crippen LogP contribution in [0.15, 0.2) is 24.3 Å². The van der Waals surface area contributed by atoms with Gasteiger partial charge in [-0.05, 0) is 37.7 Å². The molecule has 1 aliphatic rings. The van der Waals surface area contributed by atoms with Crippen molar-refractivity contribution in [3.63, 3.8) is 0 Å². The Morgan fingerprint density at radius 2 is 1.95 bits per heavy atom. The number of hydrogen-bond acceptors (Lipinski definition) is 4. The number of piperazine rings is 1. The topological polar surface area (TPSA) is 42.0 Å². The quantitative estimate of drug-likeness (QED) is 0.779. The average Bonchev–Trinajstić information content (AvgIpc) is 2.54. The maximum Gasteiger partial charge on any atom is 0.246 e. The van der Waals surface area contributed by atoms with Crippen molar-refractivity contribution >= 4 is 12.0 Å². The maximum atomic E-state index is 12.2. The van der Waals surface area contributed by atoms with Gasteiger partial charge in [-0.2, -0.15) is 0 Å². The van der Waals surface area contributed by atoms with E-state index in [1.807, 2.05) is 36.1 Å². The van der Waals surface area contributed by atoms with Gasteiger partial charge >= 0.3 is 0 Å². The molecule has 0 bridgehead atoms. The summed E-state index contributed by atoms with van der Waals surface area (Å²) in [6.45, 7) is 5.95. The van der Waals surface area contributed by atoms with Crippen LogP contribution in [-0.4, -0.2) is 62.7 Å². The molecule has 5 nitrogen and oxygen atoms in total. The second-order valence-corrected chi connectivity index (χ2v) is 5.31. The number of nitrogens with zero attached hydrogens (tertiary/aromatic N) is 2. The predicted molar refractivity (Wildman–Crippen MR) is 87.3 cm³/mol. The highest BCUT2D eigenvalue weighted by atomic mass is 16.5. The molecule has 1 saturated heterocycles. The zero-order chi connectivity index (χ0) is 15.9. The van der Waals surface area contributed by atoms with Crippen molar-refractivity contribution in [1.29, 1.82) is 0 Å². The number of hydrogen-bond donors (Lipinski definition) is 0. The van der Waals surface area contributed by atoms with Crippen molar-refractivity contribution in [1.82, 2.24) is 9.80 Å². The van der Waals surface area contributed by atoms with Crippen molar-refractivity contribution in [3.05, 3.63) is 29.8 Å². The summed E-state index contributed by atoms with van der Waals surface area (Å²) < 4.78 is 10.8. The minimum atomic E-state index is 0.0564. The lowest BCUT2D eigenvalue weighted by molar-refractivity contribution is -0.127. The summed E-state index contributed by atoms with van der Waals surface area (Å²) in [6.07, 6.45) is 3.44. The first-order valence-electron chi connectivity index (χ1n) is 7.60. The Hall–Kier alpha value is -2.01. The number of rotatable bonds is 5. The van der Waals surface area contributed by atoms with Crippen LogP contribution in [0.3, 0.4) is 0 Å². The van der Waals surface area contributed by atoms with Gasteiger partial charge in [-0.3, -0.25) is 4.79 Å². The number of amides is 1. The lowest BCUT2D eigenvalue weighted by atomic mass is 10.2. The molecule has 0 aliphatic carbocycles. The fourth-order valence-electron chi connectivity index (χ4n) is 2.36. The van der Waals surface area contributed by atoms with Crippen LogP contribution in [0.1, 0.15) is 12.5 Å². The fraction of sp³-hybridized carbons (Fsp3) is 0.471. The van der Waals surface area contributed by atoms with E-state index in [4.69, 9.17) is 9.47 Å². The van der Waals surface area contributed by atoms with Gasteiger partial charge in [0.05, 0.1) is 13.7 Å². The molecule has 1 fully saturated rings. The molecular weight excluding hydrogens is 280 g/mol. The van der Waals surface area contributed by atoms with Crippen LogP contribution in [0.4, 0.5) is 0 Å². The number of ether oxygens (including phenoxy) is 2. The van der Waals surface area contributed by atoms with E-state index >= 15 is 0 Å². The highest BCUT2D eigenvalue weighted by Crippen LogP contribution is 2.28. The van der Waals surface area contributed by atoms with Crippen LogP contribution in [0.25, 0.3) is 6.08 Å². The van der Waals surface area contributed by atoms with Crippen molar-refractivity contribution < 1.29 is 14.3 Å². The first kappa shape index (κ1) is 16.4. The molecule has 1 aliphatic heterocycles. The molecular formula is C17H24N2O3. The van der Waals surface area contributed by atoms with Gasteiger partial charge in [-0.15, -0.1) is 0 Å². The lowest BCUT2D eigenvalue weighted by Gasteiger charge is -2.31. The number of carbonyl (C=O) groups is 1. The molecule has 0 N–H and O–H groups in total. The molecule has 1 amide bonds. The third-order valence-corrected chi connectivity index (χ3v) is 3.72. The third kappa shape index (κ3) is 4.24.